The zero-order valence-electron chi connectivity index (χ0n) is 32.8. The van der Waals surface area contributed by atoms with Gasteiger partial charge in [0.1, 0.15) is 17.5 Å². The van der Waals surface area contributed by atoms with Gasteiger partial charge in [0.25, 0.3) is 0 Å². The van der Waals surface area contributed by atoms with Crippen LogP contribution in [-0.2, 0) is 0 Å². The van der Waals surface area contributed by atoms with Crippen molar-refractivity contribution in [2.75, 3.05) is 0 Å². The standard InChI is InChI=1S/C47H42N10/c1-28(2)39-49-40(29(3)4)51-44(50-39)34-17-19-35(20-18-34)45-54-43(33-15-11-8-12-16-33)56-47(57-45)38-26-36(31-21-23-48-24-22-31)25-37(27-38)46-53-41(30(5)6)52-42(55-46)32-13-9-7-10-14-32/h7-30H,1-6H3. The van der Waals surface area contributed by atoms with Crippen molar-refractivity contribution >= 4 is 0 Å². The van der Waals surface area contributed by atoms with Crippen molar-refractivity contribution in [3.05, 3.63) is 145 Å². The lowest BCUT2D eigenvalue weighted by atomic mass is 9.99. The first-order chi connectivity index (χ1) is 27.7. The molecule has 0 N–H and O–H groups in total. The van der Waals surface area contributed by atoms with Gasteiger partial charge in [-0.25, -0.2) is 44.9 Å². The van der Waals surface area contributed by atoms with Crippen molar-refractivity contribution in [2.24, 2.45) is 0 Å². The fourth-order valence-corrected chi connectivity index (χ4v) is 6.27. The van der Waals surface area contributed by atoms with Crippen LogP contribution in [0.25, 0.3) is 79.5 Å². The van der Waals surface area contributed by atoms with Crippen LogP contribution in [0.1, 0.15) is 76.8 Å². The van der Waals surface area contributed by atoms with Crippen molar-refractivity contribution < 1.29 is 0 Å². The minimum absolute atomic E-state index is 0.0857. The molecule has 10 heteroatoms. The quantitative estimate of drug-likeness (QED) is 0.133. The first kappa shape index (κ1) is 37.0. The van der Waals surface area contributed by atoms with Crippen LogP contribution in [0.3, 0.4) is 0 Å². The Balaban J connectivity index is 1.28. The molecule has 4 aromatic heterocycles. The molecule has 0 aliphatic heterocycles. The number of hydrogen-bond acceptors (Lipinski definition) is 10. The molecule has 0 unspecified atom stereocenters. The highest BCUT2D eigenvalue weighted by Gasteiger charge is 2.19. The number of hydrogen-bond donors (Lipinski definition) is 0. The van der Waals surface area contributed by atoms with Gasteiger partial charge in [-0.1, -0.05) is 126 Å². The Kier molecular flexibility index (Phi) is 10.4. The highest BCUT2D eigenvalue weighted by molar-refractivity contribution is 5.79. The molecular formula is C47H42N10. The Morgan fingerprint density at radius 2 is 0.596 bits per heavy atom. The summed E-state index contributed by atoms with van der Waals surface area (Å²) in [7, 11) is 0. The van der Waals surface area contributed by atoms with E-state index < -0.39 is 0 Å². The molecule has 4 heterocycles. The van der Waals surface area contributed by atoms with Gasteiger partial charge in [0.05, 0.1) is 0 Å². The third-order valence-electron chi connectivity index (χ3n) is 9.44. The van der Waals surface area contributed by atoms with Crippen LogP contribution in [-0.4, -0.2) is 49.8 Å². The van der Waals surface area contributed by atoms with E-state index >= 15 is 0 Å². The average Bonchev–Trinajstić information content (AvgIpc) is 3.26. The molecule has 10 nitrogen and oxygen atoms in total. The van der Waals surface area contributed by atoms with E-state index in [0.29, 0.717) is 40.8 Å². The van der Waals surface area contributed by atoms with Crippen molar-refractivity contribution in [2.45, 2.75) is 59.3 Å². The Morgan fingerprint density at radius 1 is 0.281 bits per heavy atom. The predicted molar refractivity (Wildman–Crippen MR) is 225 cm³/mol. The van der Waals surface area contributed by atoms with Crippen molar-refractivity contribution in [3.8, 4) is 79.5 Å². The maximum absolute atomic E-state index is 5.13. The summed E-state index contributed by atoms with van der Waals surface area (Å²) in [6.45, 7) is 12.6. The molecule has 8 aromatic rings. The zero-order chi connectivity index (χ0) is 39.5. The lowest BCUT2D eigenvalue weighted by molar-refractivity contribution is 0.697. The molecule has 0 spiro atoms. The molecule has 0 saturated heterocycles. The molecule has 0 saturated carbocycles. The van der Waals surface area contributed by atoms with Gasteiger partial charge in [-0.2, -0.15) is 0 Å². The second-order valence-corrected chi connectivity index (χ2v) is 14.8. The van der Waals surface area contributed by atoms with Gasteiger partial charge in [0.2, 0.25) is 0 Å². The van der Waals surface area contributed by atoms with E-state index in [0.717, 1.165) is 56.2 Å². The summed E-state index contributed by atoms with van der Waals surface area (Å²) in [5, 5.41) is 0. The van der Waals surface area contributed by atoms with Gasteiger partial charge in [0.15, 0.2) is 34.9 Å². The van der Waals surface area contributed by atoms with Crippen LogP contribution in [0.5, 0.6) is 0 Å². The third kappa shape index (κ3) is 8.21. The van der Waals surface area contributed by atoms with Gasteiger partial charge in [0, 0.05) is 63.5 Å². The highest BCUT2D eigenvalue weighted by atomic mass is 15.1. The van der Waals surface area contributed by atoms with Crippen molar-refractivity contribution in [1.29, 1.82) is 0 Å². The van der Waals surface area contributed by atoms with Crippen LogP contribution in [0.2, 0.25) is 0 Å². The Bertz CT molecular complexity index is 2620. The molecule has 0 radical (unpaired) electrons. The molecule has 4 aromatic carbocycles. The maximum atomic E-state index is 5.13. The summed E-state index contributed by atoms with van der Waals surface area (Å²) in [5.74, 6) is 6.17. The lowest BCUT2D eigenvalue weighted by Gasteiger charge is -2.14. The van der Waals surface area contributed by atoms with Crippen LogP contribution >= 0.6 is 0 Å². The summed E-state index contributed by atoms with van der Waals surface area (Å²) in [4.78, 5) is 48.7. The molecular weight excluding hydrogens is 705 g/mol. The summed E-state index contributed by atoms with van der Waals surface area (Å²) >= 11 is 0. The Labute approximate surface area is 332 Å². The van der Waals surface area contributed by atoms with Gasteiger partial charge < -0.3 is 0 Å². The largest absolute Gasteiger partial charge is 0.265 e. The van der Waals surface area contributed by atoms with Crippen LogP contribution in [0.15, 0.2) is 128 Å². The number of benzene rings is 4. The second-order valence-electron chi connectivity index (χ2n) is 14.8. The molecule has 0 amide bonds. The van der Waals surface area contributed by atoms with Gasteiger partial charge >= 0.3 is 0 Å². The average molecular weight is 747 g/mol. The predicted octanol–water partition coefficient (Wildman–Crippen LogP) is 10.7. The van der Waals surface area contributed by atoms with Crippen LogP contribution < -0.4 is 0 Å². The number of nitrogens with zero attached hydrogens (tertiary/aromatic N) is 10. The van der Waals surface area contributed by atoms with Gasteiger partial charge in [-0.3, -0.25) is 4.98 Å². The molecule has 0 fully saturated rings. The summed E-state index contributed by atoms with van der Waals surface area (Å²) in [6.07, 6.45) is 3.58. The SMILES string of the molecule is CC(C)c1nc(-c2ccccc2)nc(-c2cc(-c3ccncc3)cc(-c3nc(-c4ccccc4)nc(-c4ccc(-c5nc(C(C)C)nc(C(C)C)n5)cc4)n3)c2)n1. The monoisotopic (exact) mass is 746 g/mol. The van der Waals surface area contributed by atoms with Crippen molar-refractivity contribution in [3.63, 3.8) is 0 Å². The second kappa shape index (κ2) is 16.0. The van der Waals surface area contributed by atoms with Crippen LogP contribution in [0, 0.1) is 0 Å². The topological polar surface area (TPSA) is 129 Å². The summed E-state index contributed by atoms with van der Waals surface area (Å²) < 4.78 is 0. The number of aromatic nitrogens is 10. The van der Waals surface area contributed by atoms with E-state index in [4.69, 9.17) is 44.9 Å². The van der Waals surface area contributed by atoms with E-state index in [-0.39, 0.29) is 17.8 Å². The number of pyridine rings is 1. The fourth-order valence-electron chi connectivity index (χ4n) is 6.27. The molecule has 0 aliphatic carbocycles. The number of rotatable bonds is 10. The minimum atomic E-state index is 0.0857. The molecule has 280 valence electrons. The summed E-state index contributed by atoms with van der Waals surface area (Å²) in [6, 6.07) is 38.2. The normalized spacial score (nSPS) is 11.5. The first-order valence-corrected chi connectivity index (χ1v) is 19.2. The maximum Gasteiger partial charge on any atom is 0.164 e. The molecule has 0 aliphatic rings. The van der Waals surface area contributed by atoms with E-state index in [1.165, 1.54) is 0 Å². The fraction of sp³-hybridized carbons (Fsp3) is 0.191. The molecule has 57 heavy (non-hydrogen) atoms. The van der Waals surface area contributed by atoms with Crippen molar-refractivity contribution in [1.82, 2.24) is 49.8 Å². The molecule has 8 rings (SSSR count). The molecule has 0 atom stereocenters. The first-order valence-electron chi connectivity index (χ1n) is 19.2. The van der Waals surface area contributed by atoms with E-state index in [9.17, 15) is 0 Å². The van der Waals surface area contributed by atoms with E-state index in [1.54, 1.807) is 12.4 Å². The summed E-state index contributed by atoms with van der Waals surface area (Å²) in [5.41, 5.74) is 7.06. The van der Waals surface area contributed by atoms with Gasteiger partial charge in [-0.05, 0) is 41.5 Å². The van der Waals surface area contributed by atoms with Gasteiger partial charge in [-0.15, -0.1) is 0 Å². The highest BCUT2D eigenvalue weighted by Crippen LogP contribution is 2.34. The molecule has 0 bridgehead atoms. The smallest absolute Gasteiger partial charge is 0.164 e. The van der Waals surface area contributed by atoms with E-state index in [2.05, 4.69) is 64.7 Å². The zero-order valence-corrected chi connectivity index (χ0v) is 32.8. The lowest BCUT2D eigenvalue weighted by Crippen LogP contribution is -2.08. The third-order valence-corrected chi connectivity index (χ3v) is 9.44. The Hall–Kier alpha value is -6.94. The minimum Gasteiger partial charge on any atom is -0.265 e. The van der Waals surface area contributed by atoms with Crippen LogP contribution in [0.4, 0.5) is 0 Å². The Morgan fingerprint density at radius 3 is 1.02 bits per heavy atom. The van der Waals surface area contributed by atoms with E-state index in [1.807, 2.05) is 97.1 Å².